The highest BCUT2D eigenvalue weighted by molar-refractivity contribution is 5.83. The molecule has 0 saturated carbocycles. The van der Waals surface area contributed by atoms with Crippen molar-refractivity contribution in [3.8, 4) is 5.88 Å². The SMILES string of the molecule is COc1cc(C)nc(NC(C)C(=O)N2CCCCC2)n1. The van der Waals surface area contributed by atoms with E-state index in [1.165, 1.54) is 6.42 Å². The number of hydrogen-bond donors (Lipinski definition) is 1. The summed E-state index contributed by atoms with van der Waals surface area (Å²) in [6.07, 6.45) is 3.39. The number of ether oxygens (including phenoxy) is 1. The maximum atomic E-state index is 12.3. The molecule has 1 atom stereocenters. The molecule has 0 aromatic carbocycles. The van der Waals surface area contributed by atoms with Gasteiger partial charge in [-0.2, -0.15) is 4.98 Å². The molecule has 2 heterocycles. The molecule has 0 spiro atoms. The van der Waals surface area contributed by atoms with Crippen LogP contribution in [0.2, 0.25) is 0 Å². The van der Waals surface area contributed by atoms with Crippen LogP contribution in [0, 0.1) is 6.92 Å². The fourth-order valence-electron chi connectivity index (χ4n) is 2.35. The summed E-state index contributed by atoms with van der Waals surface area (Å²) in [6.45, 7) is 5.41. The molecule has 1 aliphatic rings. The molecule has 6 heteroatoms. The van der Waals surface area contributed by atoms with E-state index in [0.29, 0.717) is 11.8 Å². The zero-order valence-electron chi connectivity index (χ0n) is 12.3. The van der Waals surface area contributed by atoms with Crippen LogP contribution in [0.15, 0.2) is 6.07 Å². The number of methoxy groups -OCH3 is 1. The molecule has 6 nitrogen and oxygen atoms in total. The van der Waals surface area contributed by atoms with Crippen LogP contribution in [0.4, 0.5) is 5.95 Å². The summed E-state index contributed by atoms with van der Waals surface area (Å²) in [5, 5.41) is 3.06. The molecule has 1 aromatic heterocycles. The molecule has 20 heavy (non-hydrogen) atoms. The zero-order valence-corrected chi connectivity index (χ0v) is 12.3. The third kappa shape index (κ3) is 3.59. The minimum Gasteiger partial charge on any atom is -0.481 e. The summed E-state index contributed by atoms with van der Waals surface area (Å²) in [4.78, 5) is 22.7. The number of rotatable bonds is 4. The first-order valence-corrected chi connectivity index (χ1v) is 7.05. The van der Waals surface area contributed by atoms with Crippen molar-refractivity contribution in [2.45, 2.75) is 39.2 Å². The van der Waals surface area contributed by atoms with Gasteiger partial charge in [-0.1, -0.05) is 0 Å². The quantitative estimate of drug-likeness (QED) is 0.906. The van der Waals surface area contributed by atoms with E-state index in [1.54, 1.807) is 13.2 Å². The average molecular weight is 278 g/mol. The van der Waals surface area contributed by atoms with Gasteiger partial charge < -0.3 is 15.0 Å². The first kappa shape index (κ1) is 14.6. The van der Waals surface area contributed by atoms with Crippen molar-refractivity contribution in [2.24, 2.45) is 0 Å². The number of nitrogens with one attached hydrogen (secondary N) is 1. The van der Waals surface area contributed by atoms with Gasteiger partial charge in [0.2, 0.25) is 17.7 Å². The van der Waals surface area contributed by atoms with Gasteiger partial charge in [0.15, 0.2) is 0 Å². The predicted molar refractivity (Wildman–Crippen MR) is 76.8 cm³/mol. The highest BCUT2D eigenvalue weighted by Gasteiger charge is 2.22. The van der Waals surface area contributed by atoms with Gasteiger partial charge in [0.05, 0.1) is 7.11 Å². The average Bonchev–Trinajstić information content (AvgIpc) is 2.46. The first-order chi connectivity index (χ1) is 9.60. The molecule has 1 unspecified atom stereocenters. The van der Waals surface area contributed by atoms with E-state index in [-0.39, 0.29) is 11.9 Å². The van der Waals surface area contributed by atoms with Gasteiger partial charge in [0, 0.05) is 24.8 Å². The molecule has 0 aliphatic carbocycles. The summed E-state index contributed by atoms with van der Waals surface area (Å²) >= 11 is 0. The van der Waals surface area contributed by atoms with E-state index in [0.717, 1.165) is 31.6 Å². The Bertz CT molecular complexity index is 472. The molecule has 1 fully saturated rings. The minimum absolute atomic E-state index is 0.105. The van der Waals surface area contributed by atoms with Crippen LogP contribution in [0.5, 0.6) is 5.88 Å². The van der Waals surface area contributed by atoms with Crippen molar-refractivity contribution in [2.75, 3.05) is 25.5 Å². The topological polar surface area (TPSA) is 67.3 Å². The van der Waals surface area contributed by atoms with Gasteiger partial charge in [0.1, 0.15) is 6.04 Å². The van der Waals surface area contributed by atoms with E-state index < -0.39 is 0 Å². The normalized spacial score (nSPS) is 16.6. The van der Waals surface area contributed by atoms with E-state index >= 15 is 0 Å². The van der Waals surface area contributed by atoms with Crippen LogP contribution in [0.25, 0.3) is 0 Å². The molecule has 1 saturated heterocycles. The summed E-state index contributed by atoms with van der Waals surface area (Å²) < 4.78 is 5.11. The van der Waals surface area contributed by atoms with Gasteiger partial charge in [-0.05, 0) is 33.1 Å². The number of aromatic nitrogens is 2. The Hall–Kier alpha value is -1.85. The highest BCUT2D eigenvalue weighted by Crippen LogP contribution is 2.14. The maximum Gasteiger partial charge on any atom is 0.244 e. The van der Waals surface area contributed by atoms with Crippen LogP contribution >= 0.6 is 0 Å². The Morgan fingerprint density at radius 3 is 2.70 bits per heavy atom. The number of anilines is 1. The zero-order chi connectivity index (χ0) is 14.5. The molecule has 1 amide bonds. The second-order valence-corrected chi connectivity index (χ2v) is 5.13. The molecule has 1 N–H and O–H groups in total. The lowest BCUT2D eigenvalue weighted by molar-refractivity contribution is -0.132. The molecule has 1 aromatic rings. The third-order valence-electron chi connectivity index (χ3n) is 3.42. The van der Waals surface area contributed by atoms with Gasteiger partial charge in [-0.15, -0.1) is 0 Å². The Labute approximate surface area is 119 Å². The molecular weight excluding hydrogens is 256 g/mol. The summed E-state index contributed by atoms with van der Waals surface area (Å²) in [5.41, 5.74) is 0.803. The summed E-state index contributed by atoms with van der Waals surface area (Å²) in [5.74, 6) is 1.03. The molecule has 0 radical (unpaired) electrons. The Kier molecular flexibility index (Phi) is 4.76. The van der Waals surface area contributed by atoms with E-state index in [9.17, 15) is 4.79 Å². The number of hydrogen-bond acceptors (Lipinski definition) is 5. The molecular formula is C14H22N4O2. The van der Waals surface area contributed by atoms with E-state index in [2.05, 4.69) is 15.3 Å². The minimum atomic E-state index is -0.334. The fourth-order valence-corrected chi connectivity index (χ4v) is 2.35. The van der Waals surface area contributed by atoms with Crippen molar-refractivity contribution in [3.63, 3.8) is 0 Å². The van der Waals surface area contributed by atoms with Crippen molar-refractivity contribution in [1.29, 1.82) is 0 Å². The number of likely N-dealkylation sites (tertiary alicyclic amines) is 1. The molecule has 0 bridgehead atoms. The third-order valence-corrected chi connectivity index (χ3v) is 3.42. The monoisotopic (exact) mass is 278 g/mol. The number of carbonyl (C=O) groups excluding carboxylic acids is 1. The number of amides is 1. The molecule has 2 rings (SSSR count). The van der Waals surface area contributed by atoms with Crippen LogP contribution < -0.4 is 10.1 Å². The van der Waals surface area contributed by atoms with Crippen molar-refractivity contribution < 1.29 is 9.53 Å². The van der Waals surface area contributed by atoms with Crippen LogP contribution in [-0.4, -0.2) is 47.0 Å². The number of piperidine rings is 1. The predicted octanol–water partition coefficient (Wildman–Crippen LogP) is 1.61. The van der Waals surface area contributed by atoms with Crippen molar-refractivity contribution in [1.82, 2.24) is 14.9 Å². The number of nitrogens with zero attached hydrogens (tertiary/aromatic N) is 3. The van der Waals surface area contributed by atoms with Crippen LogP contribution in [-0.2, 0) is 4.79 Å². The van der Waals surface area contributed by atoms with Gasteiger partial charge in [-0.3, -0.25) is 4.79 Å². The molecule has 110 valence electrons. The summed E-state index contributed by atoms with van der Waals surface area (Å²) in [7, 11) is 1.56. The second-order valence-electron chi connectivity index (χ2n) is 5.13. The first-order valence-electron chi connectivity index (χ1n) is 7.05. The number of carbonyl (C=O) groups is 1. The Morgan fingerprint density at radius 1 is 1.35 bits per heavy atom. The second kappa shape index (κ2) is 6.54. The Balaban J connectivity index is 2.01. The van der Waals surface area contributed by atoms with Crippen molar-refractivity contribution in [3.05, 3.63) is 11.8 Å². The van der Waals surface area contributed by atoms with Gasteiger partial charge >= 0.3 is 0 Å². The Morgan fingerprint density at radius 2 is 2.05 bits per heavy atom. The smallest absolute Gasteiger partial charge is 0.244 e. The van der Waals surface area contributed by atoms with Crippen LogP contribution in [0.1, 0.15) is 31.9 Å². The lowest BCUT2D eigenvalue weighted by Crippen LogP contribution is -2.44. The lowest BCUT2D eigenvalue weighted by Gasteiger charge is -2.29. The highest BCUT2D eigenvalue weighted by atomic mass is 16.5. The summed E-state index contributed by atoms with van der Waals surface area (Å²) in [6, 6.07) is 1.42. The lowest BCUT2D eigenvalue weighted by atomic mass is 10.1. The van der Waals surface area contributed by atoms with E-state index in [4.69, 9.17) is 4.74 Å². The largest absolute Gasteiger partial charge is 0.481 e. The fraction of sp³-hybridized carbons (Fsp3) is 0.643. The van der Waals surface area contributed by atoms with Crippen LogP contribution in [0.3, 0.4) is 0 Å². The van der Waals surface area contributed by atoms with Gasteiger partial charge in [0.25, 0.3) is 0 Å². The maximum absolute atomic E-state index is 12.3. The van der Waals surface area contributed by atoms with Crippen molar-refractivity contribution >= 4 is 11.9 Å². The molecule has 1 aliphatic heterocycles. The van der Waals surface area contributed by atoms with Gasteiger partial charge in [-0.25, -0.2) is 4.98 Å². The van der Waals surface area contributed by atoms with E-state index in [1.807, 2.05) is 18.7 Å². The standard InChI is InChI=1S/C14H22N4O2/c1-10-9-12(20-3)17-14(15-10)16-11(2)13(19)18-7-5-4-6-8-18/h9,11H,4-8H2,1-3H3,(H,15,16,17). The number of aryl methyl sites for hydroxylation is 1.